The Hall–Kier alpha value is -0.600. The standard InChI is InChI=1S/C10H16O4/c1-4-12-9-13-7-8(14-9)5-6-10(2,3)11/h8-9,11H,4,7H2,1-3H3. The van der Waals surface area contributed by atoms with E-state index in [4.69, 9.17) is 14.2 Å². The highest BCUT2D eigenvalue weighted by molar-refractivity contribution is 5.14. The molecular formula is C10H16O4. The molecule has 1 rings (SSSR count). The molecule has 0 bridgehead atoms. The topological polar surface area (TPSA) is 47.9 Å². The highest BCUT2D eigenvalue weighted by Crippen LogP contribution is 2.12. The van der Waals surface area contributed by atoms with Crippen molar-refractivity contribution in [1.29, 1.82) is 0 Å². The van der Waals surface area contributed by atoms with E-state index >= 15 is 0 Å². The molecule has 0 amide bonds. The minimum absolute atomic E-state index is 0.307. The fourth-order valence-electron chi connectivity index (χ4n) is 0.935. The van der Waals surface area contributed by atoms with Gasteiger partial charge in [0.1, 0.15) is 11.7 Å². The van der Waals surface area contributed by atoms with Crippen LogP contribution in [0.15, 0.2) is 0 Å². The number of hydrogen-bond acceptors (Lipinski definition) is 4. The predicted molar refractivity (Wildman–Crippen MR) is 50.3 cm³/mol. The predicted octanol–water partition coefficient (Wildman–Crippen LogP) is 0.496. The van der Waals surface area contributed by atoms with Crippen LogP contribution < -0.4 is 0 Å². The molecule has 0 aromatic carbocycles. The SMILES string of the molecule is CCOC1OCC(C#CC(C)(C)O)O1. The molecule has 80 valence electrons. The fourth-order valence-corrected chi connectivity index (χ4v) is 0.935. The van der Waals surface area contributed by atoms with Crippen LogP contribution in [0.1, 0.15) is 20.8 Å². The lowest BCUT2D eigenvalue weighted by Crippen LogP contribution is -2.17. The third kappa shape index (κ3) is 4.07. The van der Waals surface area contributed by atoms with Gasteiger partial charge in [-0.2, -0.15) is 0 Å². The molecule has 0 aromatic heterocycles. The molecule has 1 fully saturated rings. The van der Waals surface area contributed by atoms with E-state index in [0.29, 0.717) is 13.2 Å². The Morgan fingerprint density at radius 2 is 2.29 bits per heavy atom. The molecule has 0 aliphatic carbocycles. The van der Waals surface area contributed by atoms with Crippen molar-refractivity contribution in [3.8, 4) is 11.8 Å². The Morgan fingerprint density at radius 1 is 1.57 bits per heavy atom. The van der Waals surface area contributed by atoms with Crippen molar-refractivity contribution < 1.29 is 19.3 Å². The van der Waals surface area contributed by atoms with E-state index < -0.39 is 12.1 Å². The molecular weight excluding hydrogens is 184 g/mol. The first kappa shape index (κ1) is 11.5. The first-order valence-corrected chi connectivity index (χ1v) is 4.65. The van der Waals surface area contributed by atoms with E-state index in [1.54, 1.807) is 13.8 Å². The Labute approximate surface area is 84.2 Å². The molecule has 2 atom stereocenters. The number of aliphatic hydroxyl groups is 1. The number of ether oxygens (including phenoxy) is 3. The second-order valence-corrected chi connectivity index (χ2v) is 3.53. The van der Waals surface area contributed by atoms with E-state index in [1.165, 1.54) is 0 Å². The second-order valence-electron chi connectivity index (χ2n) is 3.53. The molecule has 1 aliphatic heterocycles. The molecule has 1 saturated heterocycles. The van der Waals surface area contributed by atoms with Crippen molar-refractivity contribution in [2.45, 2.75) is 39.0 Å². The summed E-state index contributed by atoms with van der Waals surface area (Å²) in [5.74, 6) is 5.45. The van der Waals surface area contributed by atoms with Crippen molar-refractivity contribution in [3.63, 3.8) is 0 Å². The summed E-state index contributed by atoms with van der Waals surface area (Å²) in [6, 6.07) is 0. The summed E-state index contributed by atoms with van der Waals surface area (Å²) in [6.45, 7) is 5.42. The van der Waals surface area contributed by atoms with Gasteiger partial charge in [-0.25, -0.2) is 0 Å². The fraction of sp³-hybridized carbons (Fsp3) is 0.800. The van der Waals surface area contributed by atoms with E-state index in [1.807, 2.05) is 6.92 Å². The van der Waals surface area contributed by atoms with Gasteiger partial charge in [-0.3, -0.25) is 0 Å². The smallest absolute Gasteiger partial charge is 0.273 e. The van der Waals surface area contributed by atoms with Gasteiger partial charge in [0.2, 0.25) is 0 Å². The van der Waals surface area contributed by atoms with Crippen LogP contribution in [0.25, 0.3) is 0 Å². The lowest BCUT2D eigenvalue weighted by atomic mass is 10.1. The van der Waals surface area contributed by atoms with E-state index in [9.17, 15) is 5.11 Å². The minimum atomic E-state index is -0.993. The van der Waals surface area contributed by atoms with Gasteiger partial charge in [0, 0.05) is 6.61 Å². The quantitative estimate of drug-likeness (QED) is 0.659. The Bertz CT molecular complexity index is 233. The van der Waals surface area contributed by atoms with Gasteiger partial charge < -0.3 is 19.3 Å². The highest BCUT2D eigenvalue weighted by atomic mass is 16.9. The van der Waals surface area contributed by atoms with Gasteiger partial charge in [-0.1, -0.05) is 11.8 Å². The molecule has 0 spiro atoms. The van der Waals surface area contributed by atoms with Crippen molar-refractivity contribution in [2.24, 2.45) is 0 Å². The first-order chi connectivity index (χ1) is 6.51. The van der Waals surface area contributed by atoms with Crippen LogP contribution in [0.2, 0.25) is 0 Å². The summed E-state index contributed by atoms with van der Waals surface area (Å²) < 4.78 is 15.5. The van der Waals surface area contributed by atoms with Crippen LogP contribution in [0.5, 0.6) is 0 Å². The Morgan fingerprint density at radius 3 is 2.86 bits per heavy atom. The van der Waals surface area contributed by atoms with Gasteiger partial charge in [0.25, 0.3) is 6.48 Å². The molecule has 1 heterocycles. The molecule has 2 unspecified atom stereocenters. The van der Waals surface area contributed by atoms with Crippen molar-refractivity contribution in [1.82, 2.24) is 0 Å². The van der Waals surface area contributed by atoms with E-state index in [2.05, 4.69) is 11.8 Å². The van der Waals surface area contributed by atoms with Crippen molar-refractivity contribution in [3.05, 3.63) is 0 Å². The van der Waals surface area contributed by atoms with Gasteiger partial charge in [-0.05, 0) is 20.8 Å². The maximum atomic E-state index is 9.35. The third-order valence-electron chi connectivity index (χ3n) is 1.50. The lowest BCUT2D eigenvalue weighted by Gasteiger charge is -2.08. The average molecular weight is 200 g/mol. The van der Waals surface area contributed by atoms with Gasteiger partial charge in [-0.15, -0.1) is 0 Å². The van der Waals surface area contributed by atoms with Crippen LogP contribution in [0, 0.1) is 11.8 Å². The largest absolute Gasteiger partial charge is 0.378 e. The molecule has 0 radical (unpaired) electrons. The maximum absolute atomic E-state index is 9.35. The monoisotopic (exact) mass is 200 g/mol. The first-order valence-electron chi connectivity index (χ1n) is 4.65. The van der Waals surface area contributed by atoms with Crippen LogP contribution in [0.4, 0.5) is 0 Å². The van der Waals surface area contributed by atoms with Gasteiger partial charge in [0.05, 0.1) is 6.61 Å². The zero-order chi connectivity index (χ0) is 10.6. The molecule has 1 N–H and O–H groups in total. The number of hydrogen-bond donors (Lipinski definition) is 1. The van der Waals surface area contributed by atoms with Gasteiger partial charge in [0.15, 0.2) is 0 Å². The summed E-state index contributed by atoms with van der Waals surface area (Å²) in [4.78, 5) is 0. The van der Waals surface area contributed by atoms with Crippen LogP contribution >= 0.6 is 0 Å². The molecule has 0 aromatic rings. The molecule has 0 saturated carbocycles. The summed E-state index contributed by atoms with van der Waals surface area (Å²) in [5.41, 5.74) is -0.993. The highest BCUT2D eigenvalue weighted by Gasteiger charge is 2.24. The molecule has 4 heteroatoms. The average Bonchev–Trinajstić information content (AvgIpc) is 2.49. The van der Waals surface area contributed by atoms with Crippen LogP contribution in [-0.2, 0) is 14.2 Å². The maximum Gasteiger partial charge on any atom is 0.273 e. The molecule has 14 heavy (non-hydrogen) atoms. The summed E-state index contributed by atoms with van der Waals surface area (Å²) in [6.07, 6.45) is -0.307. The summed E-state index contributed by atoms with van der Waals surface area (Å²) >= 11 is 0. The van der Waals surface area contributed by atoms with Crippen molar-refractivity contribution >= 4 is 0 Å². The summed E-state index contributed by atoms with van der Waals surface area (Å²) in [5, 5.41) is 9.35. The van der Waals surface area contributed by atoms with E-state index in [0.717, 1.165) is 0 Å². The zero-order valence-corrected chi connectivity index (χ0v) is 8.74. The molecule has 4 nitrogen and oxygen atoms in total. The second kappa shape index (κ2) is 4.76. The zero-order valence-electron chi connectivity index (χ0n) is 8.74. The van der Waals surface area contributed by atoms with Crippen molar-refractivity contribution in [2.75, 3.05) is 13.2 Å². The lowest BCUT2D eigenvalue weighted by molar-refractivity contribution is -0.231. The minimum Gasteiger partial charge on any atom is -0.378 e. The van der Waals surface area contributed by atoms with Gasteiger partial charge >= 0.3 is 0 Å². The summed E-state index contributed by atoms with van der Waals surface area (Å²) in [7, 11) is 0. The van der Waals surface area contributed by atoms with Crippen LogP contribution in [0.3, 0.4) is 0 Å². The molecule has 1 aliphatic rings. The van der Waals surface area contributed by atoms with E-state index in [-0.39, 0.29) is 6.10 Å². The van der Waals surface area contributed by atoms with Crippen LogP contribution in [-0.4, -0.2) is 36.5 Å². The number of rotatable bonds is 2. The Balaban J connectivity index is 2.38. The normalized spacial score (nSPS) is 27.1. The Kier molecular flexibility index (Phi) is 3.90. The third-order valence-corrected chi connectivity index (χ3v) is 1.50.